The first-order valence-corrected chi connectivity index (χ1v) is 7.11. The van der Waals surface area contributed by atoms with Crippen molar-refractivity contribution in [2.24, 2.45) is 12.8 Å². The molecule has 1 aromatic carbocycles. The lowest BCUT2D eigenvalue weighted by Crippen LogP contribution is -2.33. The molecule has 0 atom stereocenters. The lowest BCUT2D eigenvalue weighted by atomic mass is 10.1. The average Bonchev–Trinajstić information content (AvgIpc) is 2.79. The molecule has 0 saturated heterocycles. The second-order valence-electron chi connectivity index (χ2n) is 5.21. The number of hydrogen-bond acceptors (Lipinski definition) is 3. The summed E-state index contributed by atoms with van der Waals surface area (Å²) >= 11 is 0. The Hall–Kier alpha value is -2.14. The van der Waals surface area contributed by atoms with E-state index in [0.717, 1.165) is 23.4 Å². The third kappa shape index (κ3) is 3.31. The van der Waals surface area contributed by atoms with Gasteiger partial charge in [-0.25, -0.2) is 0 Å². The predicted octanol–water partition coefficient (Wildman–Crippen LogP) is 2.03. The van der Waals surface area contributed by atoms with E-state index in [1.165, 1.54) is 0 Å². The van der Waals surface area contributed by atoms with Crippen molar-refractivity contribution in [3.05, 3.63) is 47.3 Å². The van der Waals surface area contributed by atoms with Crippen LogP contribution in [-0.2, 0) is 7.05 Å². The molecule has 0 aliphatic carbocycles. The van der Waals surface area contributed by atoms with Crippen molar-refractivity contribution in [3.63, 3.8) is 0 Å². The van der Waals surface area contributed by atoms with Gasteiger partial charge in [-0.1, -0.05) is 12.1 Å². The zero-order valence-electron chi connectivity index (χ0n) is 12.8. The fourth-order valence-corrected chi connectivity index (χ4v) is 2.25. The second-order valence-corrected chi connectivity index (χ2v) is 5.21. The monoisotopic (exact) mass is 286 g/mol. The van der Waals surface area contributed by atoms with Gasteiger partial charge in [-0.2, -0.15) is 5.10 Å². The van der Waals surface area contributed by atoms with Gasteiger partial charge in [-0.3, -0.25) is 9.48 Å². The van der Waals surface area contributed by atoms with Crippen molar-refractivity contribution in [3.8, 4) is 0 Å². The quantitative estimate of drug-likeness (QED) is 0.914. The summed E-state index contributed by atoms with van der Waals surface area (Å²) in [5, 5.41) is 4.16. The van der Waals surface area contributed by atoms with Gasteiger partial charge >= 0.3 is 0 Å². The van der Waals surface area contributed by atoms with Crippen molar-refractivity contribution < 1.29 is 4.79 Å². The van der Waals surface area contributed by atoms with Gasteiger partial charge in [0.25, 0.3) is 5.91 Å². The zero-order chi connectivity index (χ0) is 15.4. The summed E-state index contributed by atoms with van der Waals surface area (Å²) in [5.41, 5.74) is 9.13. The standard InChI is InChI=1S/C16H22N4O/c1-12-6-4-7-14(10-12)20(9-5-8-17)16(21)15-11-18-19(3)13(15)2/h4,6-7,10-11H,5,8-9,17H2,1-3H3. The first-order valence-electron chi connectivity index (χ1n) is 7.11. The van der Waals surface area contributed by atoms with Crippen molar-refractivity contribution in [1.82, 2.24) is 9.78 Å². The van der Waals surface area contributed by atoms with Crippen LogP contribution >= 0.6 is 0 Å². The van der Waals surface area contributed by atoms with Gasteiger partial charge in [-0.05, 0) is 44.5 Å². The third-order valence-corrected chi connectivity index (χ3v) is 3.61. The molecule has 2 rings (SSSR count). The Kier molecular flexibility index (Phi) is 4.75. The molecule has 5 nitrogen and oxygen atoms in total. The Labute approximate surface area is 125 Å². The molecule has 0 spiro atoms. The Balaban J connectivity index is 2.36. The first kappa shape index (κ1) is 15.3. The lowest BCUT2D eigenvalue weighted by molar-refractivity contribution is 0.0986. The number of nitrogens with two attached hydrogens (primary N) is 1. The maximum absolute atomic E-state index is 12.8. The van der Waals surface area contributed by atoms with E-state index in [2.05, 4.69) is 5.10 Å². The molecular formula is C16H22N4O. The van der Waals surface area contributed by atoms with Gasteiger partial charge in [0.15, 0.2) is 0 Å². The summed E-state index contributed by atoms with van der Waals surface area (Å²) in [4.78, 5) is 14.6. The summed E-state index contributed by atoms with van der Waals surface area (Å²) < 4.78 is 1.71. The van der Waals surface area contributed by atoms with Crippen LogP contribution in [0.25, 0.3) is 0 Å². The third-order valence-electron chi connectivity index (χ3n) is 3.61. The van der Waals surface area contributed by atoms with E-state index in [1.54, 1.807) is 15.8 Å². The number of amides is 1. The molecule has 0 bridgehead atoms. The van der Waals surface area contributed by atoms with E-state index in [1.807, 2.05) is 45.2 Å². The number of aryl methyl sites for hydroxylation is 2. The van der Waals surface area contributed by atoms with Crippen LogP contribution in [0.15, 0.2) is 30.5 Å². The van der Waals surface area contributed by atoms with E-state index >= 15 is 0 Å². The van der Waals surface area contributed by atoms with E-state index in [-0.39, 0.29) is 5.91 Å². The van der Waals surface area contributed by atoms with Crippen LogP contribution in [0.1, 0.15) is 28.0 Å². The SMILES string of the molecule is Cc1cccc(N(CCCN)C(=O)c2cnn(C)c2C)c1. The summed E-state index contributed by atoms with van der Waals surface area (Å²) in [5.74, 6) is -0.0281. The highest BCUT2D eigenvalue weighted by Gasteiger charge is 2.21. The Bertz CT molecular complexity index is 633. The van der Waals surface area contributed by atoms with Crippen LogP contribution in [0.2, 0.25) is 0 Å². The van der Waals surface area contributed by atoms with Crippen LogP contribution in [0.5, 0.6) is 0 Å². The minimum Gasteiger partial charge on any atom is -0.330 e. The van der Waals surface area contributed by atoms with Crippen LogP contribution in [0.3, 0.4) is 0 Å². The van der Waals surface area contributed by atoms with E-state index in [0.29, 0.717) is 18.7 Å². The number of benzene rings is 1. The van der Waals surface area contributed by atoms with Crippen molar-refractivity contribution >= 4 is 11.6 Å². The highest BCUT2D eigenvalue weighted by molar-refractivity contribution is 6.06. The van der Waals surface area contributed by atoms with Gasteiger partial charge in [-0.15, -0.1) is 0 Å². The summed E-state index contributed by atoms with van der Waals surface area (Å²) in [6.45, 7) is 5.08. The first-order chi connectivity index (χ1) is 10.0. The number of nitrogens with zero attached hydrogens (tertiary/aromatic N) is 3. The van der Waals surface area contributed by atoms with Crippen molar-refractivity contribution in [2.45, 2.75) is 20.3 Å². The molecule has 1 aromatic heterocycles. The molecule has 0 aliphatic rings. The normalized spacial score (nSPS) is 10.7. The number of aromatic nitrogens is 2. The van der Waals surface area contributed by atoms with Crippen LogP contribution < -0.4 is 10.6 Å². The number of rotatable bonds is 5. The Morgan fingerprint density at radius 1 is 1.38 bits per heavy atom. The maximum Gasteiger partial charge on any atom is 0.261 e. The molecule has 0 fully saturated rings. The van der Waals surface area contributed by atoms with Crippen LogP contribution in [-0.4, -0.2) is 28.8 Å². The molecule has 0 saturated carbocycles. The molecular weight excluding hydrogens is 264 g/mol. The molecule has 1 heterocycles. The van der Waals surface area contributed by atoms with Crippen molar-refractivity contribution in [1.29, 1.82) is 0 Å². The molecule has 1 amide bonds. The van der Waals surface area contributed by atoms with Gasteiger partial charge in [0.05, 0.1) is 11.8 Å². The highest BCUT2D eigenvalue weighted by atomic mass is 16.2. The van der Waals surface area contributed by atoms with E-state index in [4.69, 9.17) is 5.73 Å². The second kappa shape index (κ2) is 6.54. The molecule has 2 aromatic rings. The van der Waals surface area contributed by atoms with Gasteiger partial charge in [0, 0.05) is 25.0 Å². The lowest BCUT2D eigenvalue weighted by Gasteiger charge is -2.23. The fourth-order valence-electron chi connectivity index (χ4n) is 2.25. The fraction of sp³-hybridized carbons (Fsp3) is 0.375. The van der Waals surface area contributed by atoms with Crippen LogP contribution in [0.4, 0.5) is 5.69 Å². The average molecular weight is 286 g/mol. The molecule has 5 heteroatoms. The van der Waals surface area contributed by atoms with Gasteiger partial charge < -0.3 is 10.6 Å². The molecule has 2 N–H and O–H groups in total. The minimum absolute atomic E-state index is 0.0281. The molecule has 0 unspecified atom stereocenters. The summed E-state index contributed by atoms with van der Waals surface area (Å²) in [6.07, 6.45) is 2.39. The van der Waals surface area contributed by atoms with Gasteiger partial charge in [0.2, 0.25) is 0 Å². The molecule has 112 valence electrons. The number of anilines is 1. The predicted molar refractivity (Wildman–Crippen MR) is 84.5 cm³/mol. The molecule has 0 aliphatic heterocycles. The number of carbonyl (C=O) groups is 1. The highest BCUT2D eigenvalue weighted by Crippen LogP contribution is 2.20. The zero-order valence-corrected chi connectivity index (χ0v) is 12.8. The van der Waals surface area contributed by atoms with E-state index in [9.17, 15) is 4.79 Å². The van der Waals surface area contributed by atoms with Crippen LogP contribution in [0, 0.1) is 13.8 Å². The smallest absolute Gasteiger partial charge is 0.261 e. The largest absolute Gasteiger partial charge is 0.330 e. The van der Waals surface area contributed by atoms with Crippen molar-refractivity contribution in [2.75, 3.05) is 18.0 Å². The number of carbonyl (C=O) groups excluding carboxylic acids is 1. The maximum atomic E-state index is 12.8. The number of hydrogen-bond donors (Lipinski definition) is 1. The Morgan fingerprint density at radius 3 is 2.71 bits per heavy atom. The minimum atomic E-state index is -0.0281. The Morgan fingerprint density at radius 2 is 2.14 bits per heavy atom. The molecule has 21 heavy (non-hydrogen) atoms. The van der Waals surface area contributed by atoms with Gasteiger partial charge in [0.1, 0.15) is 0 Å². The molecule has 0 radical (unpaired) electrons. The topological polar surface area (TPSA) is 64.2 Å². The summed E-state index contributed by atoms with van der Waals surface area (Å²) in [6, 6.07) is 7.95. The van der Waals surface area contributed by atoms with E-state index < -0.39 is 0 Å². The summed E-state index contributed by atoms with van der Waals surface area (Å²) in [7, 11) is 1.84.